The molecule has 0 unspecified atom stereocenters. The van der Waals surface area contributed by atoms with E-state index in [0.717, 1.165) is 6.07 Å². The van der Waals surface area contributed by atoms with Crippen molar-refractivity contribution in [2.24, 2.45) is 0 Å². The van der Waals surface area contributed by atoms with Crippen molar-refractivity contribution in [1.82, 2.24) is 0 Å². The van der Waals surface area contributed by atoms with Crippen LogP contribution in [0, 0.1) is 0 Å². The molecule has 42 heavy (non-hydrogen) atoms. The zero-order valence-corrected chi connectivity index (χ0v) is 22.1. The highest BCUT2D eigenvalue weighted by Crippen LogP contribution is 2.43. The van der Waals surface area contributed by atoms with Gasteiger partial charge in [0.2, 0.25) is 6.29 Å². The number of Topliss-reactive ketones (excluding diaryl/α,β-unsaturated/α-hetero) is 1. The second-order valence-corrected chi connectivity index (χ2v) is 10.4. The first-order valence-electron chi connectivity index (χ1n) is 13.1. The summed E-state index contributed by atoms with van der Waals surface area (Å²) in [6, 6.07) is 6.25. The molecule has 2 aromatic carbocycles. The van der Waals surface area contributed by atoms with E-state index in [1.165, 1.54) is 31.2 Å². The average Bonchev–Trinajstić information content (AvgIpc) is 2.95. The van der Waals surface area contributed by atoms with Crippen LogP contribution in [0.15, 0.2) is 30.3 Å². The fourth-order valence-corrected chi connectivity index (χ4v) is 5.12. The molecule has 15 heteroatoms. The van der Waals surface area contributed by atoms with Crippen LogP contribution in [-0.2, 0) is 14.2 Å². The summed E-state index contributed by atoms with van der Waals surface area (Å²) in [5.74, 6) is -2.02. The van der Waals surface area contributed by atoms with E-state index >= 15 is 0 Å². The highest BCUT2D eigenvalue weighted by molar-refractivity contribution is 6.02. The Labute approximate surface area is 238 Å². The summed E-state index contributed by atoms with van der Waals surface area (Å²) in [5.41, 5.74) is 0.234. The number of fused-ring (bicyclic) bond motifs is 1. The van der Waals surface area contributed by atoms with Crippen molar-refractivity contribution in [2.45, 2.75) is 80.9 Å². The van der Waals surface area contributed by atoms with Crippen LogP contribution < -0.4 is 9.47 Å². The highest BCUT2D eigenvalue weighted by atomic mass is 16.8. The van der Waals surface area contributed by atoms with Crippen molar-refractivity contribution in [2.75, 3.05) is 6.61 Å². The number of aromatic hydroxyl groups is 3. The van der Waals surface area contributed by atoms with Crippen LogP contribution in [0.5, 0.6) is 28.7 Å². The maximum Gasteiger partial charge on any atom is 0.229 e. The molecule has 2 aromatic rings. The Kier molecular flexibility index (Phi) is 8.48. The summed E-state index contributed by atoms with van der Waals surface area (Å²) in [6.07, 6.45) is -16.5. The first-order valence-corrected chi connectivity index (χ1v) is 13.1. The van der Waals surface area contributed by atoms with Gasteiger partial charge in [0.25, 0.3) is 0 Å². The van der Waals surface area contributed by atoms with E-state index in [1.54, 1.807) is 0 Å². The molecule has 15 nitrogen and oxygen atoms in total. The first-order chi connectivity index (χ1) is 19.9. The van der Waals surface area contributed by atoms with Crippen LogP contribution in [0.1, 0.15) is 35.4 Å². The van der Waals surface area contributed by atoms with Gasteiger partial charge in [0.15, 0.2) is 29.7 Å². The minimum atomic E-state index is -1.77. The lowest BCUT2D eigenvalue weighted by Crippen LogP contribution is -2.64. The van der Waals surface area contributed by atoms with Crippen molar-refractivity contribution >= 4 is 5.78 Å². The lowest BCUT2D eigenvalue weighted by molar-refractivity contribution is -0.354. The zero-order chi connectivity index (χ0) is 30.5. The number of hydrogen-bond acceptors (Lipinski definition) is 15. The quantitative estimate of drug-likeness (QED) is 0.173. The van der Waals surface area contributed by atoms with Crippen molar-refractivity contribution < 1.29 is 74.4 Å². The van der Waals surface area contributed by atoms with Crippen LogP contribution in [0.4, 0.5) is 0 Å². The van der Waals surface area contributed by atoms with Crippen molar-refractivity contribution in [3.63, 3.8) is 0 Å². The summed E-state index contributed by atoms with van der Waals surface area (Å²) >= 11 is 0. The minimum absolute atomic E-state index is 0.0941. The molecule has 11 atom stereocenters. The molecule has 0 radical (unpaired) electrons. The van der Waals surface area contributed by atoms with Gasteiger partial charge in [-0.25, -0.2) is 0 Å². The molecule has 0 amide bonds. The number of phenolic OH excluding ortho intramolecular Hbond substituents is 3. The number of carbonyl (C=O) groups excluding carboxylic acids is 1. The number of aliphatic hydroxyl groups excluding tert-OH is 6. The van der Waals surface area contributed by atoms with Crippen LogP contribution in [0.2, 0.25) is 0 Å². The summed E-state index contributed by atoms with van der Waals surface area (Å²) in [4.78, 5) is 12.9. The fourth-order valence-electron chi connectivity index (χ4n) is 5.12. The van der Waals surface area contributed by atoms with Gasteiger partial charge in [0.05, 0.1) is 19.1 Å². The van der Waals surface area contributed by atoms with E-state index < -0.39 is 91.4 Å². The van der Waals surface area contributed by atoms with Crippen molar-refractivity contribution in [3.05, 3.63) is 41.5 Å². The van der Waals surface area contributed by atoms with Crippen LogP contribution in [0.3, 0.4) is 0 Å². The molecule has 0 aliphatic carbocycles. The third-order valence-electron chi connectivity index (χ3n) is 7.52. The molecule has 2 fully saturated rings. The van der Waals surface area contributed by atoms with Gasteiger partial charge in [0, 0.05) is 12.1 Å². The molecule has 3 aliphatic rings. The minimum Gasteiger partial charge on any atom is -0.507 e. The number of aliphatic hydroxyl groups is 6. The molecule has 9 N–H and O–H groups in total. The second kappa shape index (κ2) is 11.8. The first kappa shape index (κ1) is 30.2. The summed E-state index contributed by atoms with van der Waals surface area (Å²) in [5, 5.41) is 91.6. The van der Waals surface area contributed by atoms with Gasteiger partial charge in [-0.1, -0.05) is 6.07 Å². The predicted molar refractivity (Wildman–Crippen MR) is 136 cm³/mol. The van der Waals surface area contributed by atoms with Gasteiger partial charge in [-0.3, -0.25) is 4.79 Å². The zero-order valence-electron chi connectivity index (χ0n) is 22.1. The lowest BCUT2D eigenvalue weighted by Gasteiger charge is -2.45. The summed E-state index contributed by atoms with van der Waals surface area (Å²) in [6.45, 7) is 0.683. The number of carbonyl (C=O) groups is 1. The molecule has 0 saturated carbocycles. The molecule has 3 heterocycles. The van der Waals surface area contributed by atoms with E-state index in [0.29, 0.717) is 5.56 Å². The maximum atomic E-state index is 12.9. The molecule has 0 spiro atoms. The Morgan fingerprint density at radius 1 is 0.833 bits per heavy atom. The molecule has 2 saturated heterocycles. The number of benzene rings is 2. The summed E-state index contributed by atoms with van der Waals surface area (Å²) < 4.78 is 28.4. The Morgan fingerprint density at radius 3 is 2.26 bits per heavy atom. The van der Waals surface area contributed by atoms with Gasteiger partial charge in [-0.05, 0) is 24.6 Å². The van der Waals surface area contributed by atoms with Gasteiger partial charge in [0.1, 0.15) is 65.5 Å². The van der Waals surface area contributed by atoms with Gasteiger partial charge < -0.3 is 69.6 Å². The van der Waals surface area contributed by atoms with Crippen LogP contribution >= 0.6 is 0 Å². The third kappa shape index (κ3) is 5.58. The molecule has 230 valence electrons. The largest absolute Gasteiger partial charge is 0.507 e. The van der Waals surface area contributed by atoms with E-state index in [-0.39, 0.29) is 29.2 Å². The van der Waals surface area contributed by atoms with Gasteiger partial charge in [-0.15, -0.1) is 0 Å². The lowest BCUT2D eigenvalue weighted by atomic mass is 9.95. The number of rotatable bonds is 6. The van der Waals surface area contributed by atoms with E-state index in [1.807, 2.05) is 0 Å². The Balaban J connectivity index is 1.42. The Morgan fingerprint density at radius 2 is 1.57 bits per heavy atom. The highest BCUT2D eigenvalue weighted by Gasteiger charge is 2.51. The number of hydrogen-bond donors (Lipinski definition) is 9. The molecule has 5 rings (SSSR count). The molecular weight excluding hydrogens is 564 g/mol. The second-order valence-electron chi connectivity index (χ2n) is 10.4. The fraction of sp³-hybridized carbons (Fsp3) is 0.519. The van der Waals surface area contributed by atoms with Crippen LogP contribution in [0.25, 0.3) is 0 Å². The average molecular weight is 597 g/mol. The van der Waals surface area contributed by atoms with E-state index in [2.05, 4.69) is 0 Å². The topological polar surface area (TPSA) is 245 Å². The van der Waals surface area contributed by atoms with Gasteiger partial charge >= 0.3 is 0 Å². The Bertz CT molecular complexity index is 1300. The smallest absolute Gasteiger partial charge is 0.229 e. The summed E-state index contributed by atoms with van der Waals surface area (Å²) in [7, 11) is 0. The standard InChI is InChI=1S/C27H32O15/c1-9-20(33)22(35)24(37)26(38-9)42-25-23(36)21(34)18(8-28)41-27(25)39-11-5-14(31)19-15(32)7-16(40-17(19)6-11)10-2-3-12(29)13(30)4-10/h2-6,9,16,18,20-31,33-37H,7-8H2,1H3/t9-,16-,18-,20-,21+,22-,23+,24+,25-,26-,27+/m0/s1. The number of ketones is 1. The number of ether oxygens (including phenoxy) is 5. The van der Waals surface area contributed by atoms with E-state index in [4.69, 9.17) is 23.7 Å². The predicted octanol–water partition coefficient (Wildman–Crippen LogP) is -1.46. The third-order valence-corrected chi connectivity index (χ3v) is 7.52. The Hall–Kier alpha value is -3.25. The molecule has 3 aliphatic heterocycles. The van der Waals surface area contributed by atoms with Gasteiger partial charge in [-0.2, -0.15) is 0 Å². The number of phenols is 3. The molecular formula is C27H32O15. The molecule has 0 aromatic heterocycles. The monoisotopic (exact) mass is 596 g/mol. The normalized spacial score (nSPS) is 36.6. The molecule has 0 bridgehead atoms. The SMILES string of the molecule is C[C@@H]1O[C@@H](O[C@@H]2[C@H](Oc3cc(O)c4c(c3)O[C@H](c3ccc(O)c(O)c3)CC4=O)O[C@@H](CO)[C@@H](O)[C@H]2O)[C@H](O)[C@@H](O)[C@H]1O. The van der Waals surface area contributed by atoms with E-state index in [9.17, 15) is 50.8 Å². The maximum absolute atomic E-state index is 12.9. The van der Waals surface area contributed by atoms with Crippen LogP contribution in [-0.4, -0.2) is 120 Å². The van der Waals surface area contributed by atoms with Crippen molar-refractivity contribution in [3.8, 4) is 28.7 Å². The van der Waals surface area contributed by atoms with Crippen molar-refractivity contribution in [1.29, 1.82) is 0 Å².